The summed E-state index contributed by atoms with van der Waals surface area (Å²) in [4.78, 5) is 12.0. The molecule has 0 heterocycles. The van der Waals surface area contributed by atoms with Gasteiger partial charge in [-0.05, 0) is 25.7 Å². The minimum atomic E-state index is -4.35. The van der Waals surface area contributed by atoms with Gasteiger partial charge in [0.05, 0.1) is 5.41 Å². The van der Waals surface area contributed by atoms with E-state index < -0.39 is 23.0 Å². The number of hydrogen-bond donors (Lipinski definition) is 2. The molecule has 3 N–H and O–H groups in total. The molecule has 17 heavy (non-hydrogen) atoms. The molecule has 98 valence electrons. The third kappa shape index (κ3) is 2.03. The van der Waals surface area contributed by atoms with Gasteiger partial charge in [-0.25, -0.2) is 0 Å². The molecule has 1 amide bonds. The van der Waals surface area contributed by atoms with E-state index in [1.807, 2.05) is 0 Å². The number of nitrogens with one attached hydrogen (secondary N) is 1. The number of carbonyl (C=O) groups excluding carboxylic acids is 1. The van der Waals surface area contributed by atoms with Crippen LogP contribution in [-0.4, -0.2) is 24.2 Å². The van der Waals surface area contributed by atoms with Gasteiger partial charge in [-0.15, -0.1) is 0 Å². The molecule has 0 bridgehead atoms. The molecule has 0 radical (unpaired) electrons. The smallest absolute Gasteiger partial charge is 0.341 e. The van der Waals surface area contributed by atoms with Crippen molar-refractivity contribution in [3.8, 4) is 0 Å². The summed E-state index contributed by atoms with van der Waals surface area (Å²) in [5.74, 6) is -0.507. The van der Waals surface area contributed by atoms with Gasteiger partial charge in [0.15, 0.2) is 0 Å². The van der Waals surface area contributed by atoms with E-state index in [9.17, 15) is 18.0 Å². The van der Waals surface area contributed by atoms with Crippen molar-refractivity contribution in [3.05, 3.63) is 0 Å². The molecule has 2 rings (SSSR count). The lowest BCUT2D eigenvalue weighted by Crippen LogP contribution is -2.54. The average Bonchev–Trinajstić information content (AvgIpc) is 2.89. The zero-order valence-electron chi connectivity index (χ0n) is 9.57. The monoisotopic (exact) mass is 250 g/mol. The van der Waals surface area contributed by atoms with Gasteiger partial charge in [0.1, 0.15) is 5.54 Å². The summed E-state index contributed by atoms with van der Waals surface area (Å²) in [6.45, 7) is 0.132. The lowest BCUT2D eigenvalue weighted by Gasteiger charge is -2.30. The molecular weight excluding hydrogens is 233 g/mol. The Bertz CT molecular complexity index is 317. The summed E-state index contributed by atoms with van der Waals surface area (Å²) in [6, 6.07) is 0. The first-order valence-corrected chi connectivity index (χ1v) is 5.95. The van der Waals surface area contributed by atoms with Gasteiger partial charge in [0.2, 0.25) is 5.91 Å². The molecule has 2 fully saturated rings. The maximum atomic E-state index is 12.7. The first kappa shape index (κ1) is 12.7. The fraction of sp³-hybridized carbons (Fsp3) is 0.909. The van der Waals surface area contributed by atoms with E-state index in [0.717, 1.165) is 12.8 Å². The summed E-state index contributed by atoms with van der Waals surface area (Å²) in [5.41, 5.74) is 2.85. The molecule has 0 saturated heterocycles. The number of amides is 1. The zero-order valence-corrected chi connectivity index (χ0v) is 9.57. The van der Waals surface area contributed by atoms with E-state index in [0.29, 0.717) is 12.8 Å². The lowest BCUT2D eigenvalue weighted by molar-refractivity contribution is -0.173. The number of carbonyl (C=O) groups is 1. The maximum absolute atomic E-state index is 12.7. The Hall–Kier alpha value is -0.780. The first-order valence-electron chi connectivity index (χ1n) is 5.95. The van der Waals surface area contributed by atoms with Crippen LogP contribution >= 0.6 is 0 Å². The molecule has 0 aromatic rings. The second-order valence-electron chi connectivity index (χ2n) is 5.23. The minimum Gasteiger partial charge on any atom is -0.341 e. The van der Waals surface area contributed by atoms with Gasteiger partial charge in [0.25, 0.3) is 0 Å². The van der Waals surface area contributed by atoms with Crippen LogP contribution in [0.1, 0.15) is 38.5 Å². The normalized spacial score (nSPS) is 25.6. The summed E-state index contributed by atoms with van der Waals surface area (Å²) in [6.07, 6.45) is -1.44. The van der Waals surface area contributed by atoms with Gasteiger partial charge in [0, 0.05) is 6.54 Å². The molecule has 2 aliphatic rings. The van der Waals surface area contributed by atoms with Crippen molar-refractivity contribution in [2.24, 2.45) is 11.1 Å². The van der Waals surface area contributed by atoms with E-state index in [-0.39, 0.29) is 19.4 Å². The van der Waals surface area contributed by atoms with Gasteiger partial charge < -0.3 is 11.1 Å². The molecule has 0 spiro atoms. The molecule has 0 unspecified atom stereocenters. The van der Waals surface area contributed by atoms with Crippen molar-refractivity contribution in [1.29, 1.82) is 0 Å². The molecule has 0 aromatic heterocycles. The van der Waals surface area contributed by atoms with Gasteiger partial charge in [-0.3, -0.25) is 4.79 Å². The highest BCUT2D eigenvalue weighted by atomic mass is 19.4. The number of alkyl halides is 3. The second-order valence-corrected chi connectivity index (χ2v) is 5.23. The van der Waals surface area contributed by atoms with Crippen molar-refractivity contribution in [1.82, 2.24) is 5.32 Å². The topological polar surface area (TPSA) is 55.1 Å². The van der Waals surface area contributed by atoms with E-state index in [2.05, 4.69) is 5.32 Å². The lowest BCUT2D eigenvalue weighted by atomic mass is 9.85. The Morgan fingerprint density at radius 2 is 1.71 bits per heavy atom. The van der Waals surface area contributed by atoms with E-state index in [1.54, 1.807) is 0 Å². The maximum Gasteiger partial charge on any atom is 0.411 e. The molecule has 2 saturated carbocycles. The Kier molecular flexibility index (Phi) is 2.88. The second kappa shape index (κ2) is 3.86. The van der Waals surface area contributed by atoms with Crippen LogP contribution in [0.2, 0.25) is 0 Å². The molecular formula is C11H17F3N2O. The summed E-state index contributed by atoms with van der Waals surface area (Å²) >= 11 is 0. The van der Waals surface area contributed by atoms with Crippen molar-refractivity contribution in [2.45, 2.75) is 50.2 Å². The number of nitrogens with two attached hydrogens (primary N) is 1. The van der Waals surface area contributed by atoms with Crippen molar-refractivity contribution >= 4 is 5.91 Å². The Morgan fingerprint density at radius 1 is 1.18 bits per heavy atom. The van der Waals surface area contributed by atoms with Crippen LogP contribution in [0.5, 0.6) is 0 Å². The highest BCUT2D eigenvalue weighted by molar-refractivity contribution is 5.84. The minimum absolute atomic E-state index is 0.0110. The molecule has 0 aromatic carbocycles. The molecule has 0 atom stereocenters. The fourth-order valence-electron chi connectivity index (χ4n) is 2.53. The standard InChI is InChI=1S/C11H17F3N2O/c12-11(13,14)10(5-6-10)16-8(17)9(7-15)3-1-2-4-9/h1-7,15H2,(H,16,17). The van der Waals surface area contributed by atoms with Gasteiger partial charge in [-0.1, -0.05) is 12.8 Å². The Morgan fingerprint density at radius 3 is 2.06 bits per heavy atom. The van der Waals surface area contributed by atoms with E-state index in [1.165, 1.54) is 0 Å². The number of halogens is 3. The number of rotatable bonds is 3. The summed E-state index contributed by atoms with van der Waals surface area (Å²) < 4.78 is 38.2. The molecule has 2 aliphatic carbocycles. The predicted molar refractivity (Wildman–Crippen MR) is 56.1 cm³/mol. The van der Waals surface area contributed by atoms with Crippen LogP contribution in [-0.2, 0) is 4.79 Å². The van der Waals surface area contributed by atoms with Crippen LogP contribution in [0.4, 0.5) is 13.2 Å². The molecule has 6 heteroatoms. The fourth-order valence-corrected chi connectivity index (χ4v) is 2.53. The van der Waals surface area contributed by atoms with E-state index in [4.69, 9.17) is 5.73 Å². The summed E-state index contributed by atoms with van der Waals surface area (Å²) in [5, 5.41) is 2.20. The molecule has 3 nitrogen and oxygen atoms in total. The van der Waals surface area contributed by atoms with Crippen molar-refractivity contribution in [2.75, 3.05) is 6.54 Å². The predicted octanol–water partition coefficient (Wildman–Crippen LogP) is 1.72. The number of hydrogen-bond acceptors (Lipinski definition) is 2. The van der Waals surface area contributed by atoms with Crippen LogP contribution in [0.25, 0.3) is 0 Å². The third-order valence-corrected chi connectivity index (χ3v) is 4.08. The Balaban J connectivity index is 2.07. The van der Waals surface area contributed by atoms with Crippen LogP contribution in [0.15, 0.2) is 0 Å². The average molecular weight is 250 g/mol. The SMILES string of the molecule is NCC1(C(=O)NC2(C(F)(F)F)CC2)CCCC1. The Labute approximate surface area is 97.9 Å². The van der Waals surface area contributed by atoms with Crippen molar-refractivity contribution < 1.29 is 18.0 Å². The van der Waals surface area contributed by atoms with Crippen LogP contribution < -0.4 is 11.1 Å². The van der Waals surface area contributed by atoms with E-state index >= 15 is 0 Å². The highest BCUT2D eigenvalue weighted by Gasteiger charge is 2.65. The largest absolute Gasteiger partial charge is 0.411 e. The van der Waals surface area contributed by atoms with Gasteiger partial charge in [-0.2, -0.15) is 13.2 Å². The van der Waals surface area contributed by atoms with Crippen LogP contribution in [0, 0.1) is 5.41 Å². The van der Waals surface area contributed by atoms with Gasteiger partial charge >= 0.3 is 6.18 Å². The quantitative estimate of drug-likeness (QED) is 0.801. The third-order valence-electron chi connectivity index (χ3n) is 4.08. The van der Waals surface area contributed by atoms with Crippen LogP contribution in [0.3, 0.4) is 0 Å². The zero-order chi connectivity index (χ0) is 12.7. The summed E-state index contributed by atoms with van der Waals surface area (Å²) in [7, 11) is 0. The highest BCUT2D eigenvalue weighted by Crippen LogP contribution is 2.50. The first-order chi connectivity index (χ1) is 7.85. The van der Waals surface area contributed by atoms with Crippen molar-refractivity contribution in [3.63, 3.8) is 0 Å². The molecule has 0 aliphatic heterocycles.